The van der Waals surface area contributed by atoms with Crippen LogP contribution in [-0.2, 0) is 5.41 Å². The summed E-state index contributed by atoms with van der Waals surface area (Å²) >= 11 is 0. The van der Waals surface area contributed by atoms with Crippen molar-refractivity contribution in [3.8, 4) is 11.1 Å². The fourth-order valence-corrected chi connectivity index (χ4v) is 2.33. The van der Waals surface area contributed by atoms with Gasteiger partial charge in [-0.05, 0) is 45.7 Å². The summed E-state index contributed by atoms with van der Waals surface area (Å²) < 4.78 is 7.66. The van der Waals surface area contributed by atoms with Crippen LogP contribution in [-0.4, -0.2) is 4.98 Å². The summed E-state index contributed by atoms with van der Waals surface area (Å²) in [6.07, 6.45) is 0.459. The second-order valence-electron chi connectivity index (χ2n) is 6.05. The molecule has 0 radical (unpaired) electrons. The fourth-order valence-electron chi connectivity index (χ4n) is 2.33. The highest BCUT2D eigenvalue weighted by Gasteiger charge is 2.13. The van der Waals surface area contributed by atoms with Crippen LogP contribution in [0.25, 0.3) is 22.0 Å². The SMILES string of the molecule is [2H]c1cc2cc(-c3cccc(C(C)(C)C)c3)ccc2[nH]1. The number of hydrogen-bond acceptors (Lipinski definition) is 0. The van der Waals surface area contributed by atoms with E-state index in [4.69, 9.17) is 1.37 Å². The van der Waals surface area contributed by atoms with E-state index in [2.05, 4.69) is 62.2 Å². The maximum absolute atomic E-state index is 7.66. The molecule has 1 heteroatoms. The first-order chi connectivity index (χ1) is 9.43. The van der Waals surface area contributed by atoms with Crippen LogP contribution >= 0.6 is 0 Å². The third kappa shape index (κ3) is 2.28. The van der Waals surface area contributed by atoms with Gasteiger partial charge in [0.05, 0.1) is 1.37 Å². The first kappa shape index (κ1) is 10.9. The zero-order chi connectivity index (χ0) is 14.3. The molecule has 1 heterocycles. The van der Waals surface area contributed by atoms with E-state index in [9.17, 15) is 0 Å². The van der Waals surface area contributed by atoms with Crippen LogP contribution in [0.4, 0.5) is 0 Å². The molecular formula is C18H19N. The molecule has 0 unspecified atom stereocenters. The molecule has 3 rings (SSSR count). The lowest BCUT2D eigenvalue weighted by molar-refractivity contribution is 0.590. The Labute approximate surface area is 115 Å². The van der Waals surface area contributed by atoms with Gasteiger partial charge in [0.1, 0.15) is 0 Å². The van der Waals surface area contributed by atoms with Crippen molar-refractivity contribution >= 4 is 10.9 Å². The van der Waals surface area contributed by atoms with Gasteiger partial charge in [0, 0.05) is 11.7 Å². The number of rotatable bonds is 1. The summed E-state index contributed by atoms with van der Waals surface area (Å²) in [6.45, 7) is 6.69. The predicted octanol–water partition coefficient (Wildman–Crippen LogP) is 5.13. The van der Waals surface area contributed by atoms with Crippen LogP contribution in [0.3, 0.4) is 0 Å². The lowest BCUT2D eigenvalue weighted by atomic mass is 9.85. The van der Waals surface area contributed by atoms with E-state index in [1.807, 2.05) is 12.1 Å². The molecule has 0 bridgehead atoms. The Morgan fingerprint density at radius 1 is 0.947 bits per heavy atom. The van der Waals surface area contributed by atoms with Gasteiger partial charge in [0.2, 0.25) is 0 Å². The van der Waals surface area contributed by atoms with E-state index >= 15 is 0 Å². The van der Waals surface area contributed by atoms with E-state index in [1.54, 1.807) is 0 Å². The van der Waals surface area contributed by atoms with Gasteiger partial charge >= 0.3 is 0 Å². The highest BCUT2D eigenvalue weighted by Crippen LogP contribution is 2.29. The molecule has 19 heavy (non-hydrogen) atoms. The number of benzene rings is 2. The van der Waals surface area contributed by atoms with Gasteiger partial charge in [-0.3, -0.25) is 0 Å². The van der Waals surface area contributed by atoms with Crippen LogP contribution in [0.5, 0.6) is 0 Å². The van der Waals surface area contributed by atoms with E-state index in [0.29, 0.717) is 6.17 Å². The number of nitrogens with one attached hydrogen (secondary N) is 1. The van der Waals surface area contributed by atoms with Crippen molar-refractivity contribution in [1.82, 2.24) is 4.98 Å². The molecule has 1 N–H and O–H groups in total. The maximum Gasteiger partial charge on any atom is 0.0816 e. The number of hydrogen-bond donors (Lipinski definition) is 1. The Hall–Kier alpha value is -2.02. The highest BCUT2D eigenvalue weighted by atomic mass is 14.7. The molecule has 1 nitrogen and oxygen atoms in total. The number of aromatic amines is 1. The second-order valence-corrected chi connectivity index (χ2v) is 6.05. The van der Waals surface area contributed by atoms with Crippen LogP contribution in [0.1, 0.15) is 27.7 Å². The Kier molecular flexibility index (Phi) is 2.44. The Bertz CT molecular complexity index is 762. The molecule has 0 saturated carbocycles. The minimum Gasteiger partial charge on any atom is -0.361 e. The van der Waals surface area contributed by atoms with E-state index in [1.165, 1.54) is 16.7 Å². The smallest absolute Gasteiger partial charge is 0.0816 e. The second kappa shape index (κ2) is 4.27. The minimum atomic E-state index is 0.155. The average molecular weight is 250 g/mol. The van der Waals surface area contributed by atoms with Crippen LogP contribution in [0.2, 0.25) is 0 Å². The van der Waals surface area contributed by atoms with Gasteiger partial charge < -0.3 is 4.98 Å². The Morgan fingerprint density at radius 3 is 2.53 bits per heavy atom. The zero-order valence-electron chi connectivity index (χ0n) is 12.6. The van der Waals surface area contributed by atoms with Crippen molar-refractivity contribution in [2.45, 2.75) is 26.2 Å². The number of aromatic nitrogens is 1. The molecule has 96 valence electrons. The lowest BCUT2D eigenvalue weighted by Crippen LogP contribution is -2.10. The molecule has 0 aliphatic rings. The predicted molar refractivity (Wildman–Crippen MR) is 82.4 cm³/mol. The van der Waals surface area contributed by atoms with Gasteiger partial charge in [-0.1, -0.05) is 51.1 Å². The topological polar surface area (TPSA) is 15.8 Å². The molecule has 0 aliphatic heterocycles. The van der Waals surface area contributed by atoms with Gasteiger partial charge in [-0.2, -0.15) is 0 Å². The molecule has 1 aromatic heterocycles. The van der Waals surface area contributed by atoms with Crippen molar-refractivity contribution in [3.05, 3.63) is 60.3 Å². The molecular weight excluding hydrogens is 230 g/mol. The van der Waals surface area contributed by atoms with Gasteiger partial charge in [0.15, 0.2) is 0 Å². The zero-order valence-corrected chi connectivity index (χ0v) is 11.6. The largest absolute Gasteiger partial charge is 0.361 e. The van der Waals surface area contributed by atoms with E-state index in [0.717, 1.165) is 10.9 Å². The van der Waals surface area contributed by atoms with E-state index in [-0.39, 0.29) is 5.41 Å². The molecule has 0 amide bonds. The summed E-state index contributed by atoms with van der Waals surface area (Å²) in [6, 6.07) is 16.9. The van der Waals surface area contributed by atoms with Gasteiger partial charge in [-0.15, -0.1) is 0 Å². The first-order valence-electron chi connectivity index (χ1n) is 7.14. The minimum absolute atomic E-state index is 0.155. The average Bonchev–Trinajstić information content (AvgIpc) is 2.77. The normalized spacial score (nSPS) is 12.7. The number of H-pyrrole nitrogens is 1. The maximum atomic E-state index is 7.66. The fraction of sp³-hybridized carbons (Fsp3) is 0.222. The summed E-state index contributed by atoms with van der Waals surface area (Å²) in [5.41, 5.74) is 4.94. The van der Waals surface area contributed by atoms with Crippen molar-refractivity contribution in [2.24, 2.45) is 0 Å². The molecule has 3 aromatic rings. The molecule has 2 aromatic carbocycles. The molecule has 0 fully saturated rings. The van der Waals surface area contributed by atoms with Crippen molar-refractivity contribution in [3.63, 3.8) is 0 Å². The quantitative estimate of drug-likeness (QED) is 0.616. The summed E-state index contributed by atoms with van der Waals surface area (Å²) in [7, 11) is 0. The lowest BCUT2D eigenvalue weighted by Gasteiger charge is -2.19. The molecule has 0 saturated heterocycles. The van der Waals surface area contributed by atoms with E-state index < -0.39 is 0 Å². The number of fused-ring (bicyclic) bond motifs is 1. The molecule has 0 atom stereocenters. The van der Waals surface area contributed by atoms with Gasteiger partial charge in [0.25, 0.3) is 0 Å². The van der Waals surface area contributed by atoms with Crippen LogP contribution < -0.4 is 0 Å². The molecule has 0 aliphatic carbocycles. The van der Waals surface area contributed by atoms with Crippen molar-refractivity contribution < 1.29 is 1.37 Å². The summed E-state index contributed by atoms with van der Waals surface area (Å²) in [5.74, 6) is 0. The van der Waals surface area contributed by atoms with Crippen molar-refractivity contribution in [2.75, 3.05) is 0 Å². The van der Waals surface area contributed by atoms with Crippen molar-refractivity contribution in [1.29, 1.82) is 0 Å². The Morgan fingerprint density at radius 2 is 1.74 bits per heavy atom. The Balaban J connectivity index is 2.10. The molecule has 0 spiro atoms. The standard InChI is InChI=1S/C18H19N/c1-18(2,3)16-6-4-5-13(12-16)14-7-8-17-15(11-14)9-10-19-17/h4-12,19H,1-3H3/i10D. The summed E-state index contributed by atoms with van der Waals surface area (Å²) in [5, 5.41) is 1.09. The van der Waals surface area contributed by atoms with Gasteiger partial charge in [-0.25, -0.2) is 0 Å². The van der Waals surface area contributed by atoms with Crippen LogP contribution in [0.15, 0.2) is 54.7 Å². The third-order valence-electron chi connectivity index (χ3n) is 3.55. The highest BCUT2D eigenvalue weighted by molar-refractivity contribution is 5.85. The first-order valence-corrected chi connectivity index (χ1v) is 6.64. The third-order valence-corrected chi connectivity index (χ3v) is 3.55. The summed E-state index contributed by atoms with van der Waals surface area (Å²) in [4.78, 5) is 3.04. The van der Waals surface area contributed by atoms with Crippen LogP contribution in [0, 0.1) is 0 Å². The monoisotopic (exact) mass is 250 g/mol.